The average Bonchev–Trinajstić information content (AvgIpc) is 2.54. The van der Waals surface area contributed by atoms with Gasteiger partial charge in [-0.05, 0) is 35.9 Å². The number of fused-ring (bicyclic) bond motifs is 1. The predicted molar refractivity (Wildman–Crippen MR) is 89.7 cm³/mol. The van der Waals surface area contributed by atoms with E-state index < -0.39 is 4.92 Å². The van der Waals surface area contributed by atoms with Gasteiger partial charge in [-0.1, -0.05) is 36.4 Å². The van der Waals surface area contributed by atoms with Crippen molar-refractivity contribution in [1.82, 2.24) is 0 Å². The summed E-state index contributed by atoms with van der Waals surface area (Å²) in [5, 5.41) is 15.9. The second kappa shape index (κ2) is 5.88. The van der Waals surface area contributed by atoms with E-state index in [1.807, 2.05) is 42.5 Å². The van der Waals surface area contributed by atoms with Crippen molar-refractivity contribution in [3.05, 3.63) is 81.9 Å². The minimum Gasteiger partial charge on any atom is -0.322 e. The summed E-state index contributed by atoms with van der Waals surface area (Å²) in [7, 11) is 0. The smallest absolute Gasteiger partial charge is 0.273 e. The van der Waals surface area contributed by atoms with Gasteiger partial charge in [0.05, 0.1) is 4.92 Å². The molecule has 0 atom stereocenters. The molecule has 0 radical (unpaired) electrons. The van der Waals surface area contributed by atoms with Gasteiger partial charge in [-0.25, -0.2) is 0 Å². The molecular weight excluding hydrogens is 292 g/mol. The van der Waals surface area contributed by atoms with E-state index in [2.05, 4.69) is 5.32 Å². The summed E-state index contributed by atoms with van der Waals surface area (Å²) < 4.78 is 0. The second-order valence-corrected chi connectivity index (χ2v) is 5.22. The van der Waals surface area contributed by atoms with Crippen molar-refractivity contribution in [3.8, 4) is 0 Å². The molecule has 5 nitrogen and oxygen atoms in total. The van der Waals surface area contributed by atoms with Crippen LogP contribution in [0.4, 0.5) is 11.4 Å². The Morgan fingerprint density at radius 2 is 1.74 bits per heavy atom. The molecule has 5 heteroatoms. The van der Waals surface area contributed by atoms with Crippen LogP contribution in [0.25, 0.3) is 10.8 Å². The maximum atomic E-state index is 12.4. The summed E-state index contributed by atoms with van der Waals surface area (Å²) in [6, 6.07) is 17.9. The Hall–Kier alpha value is -3.21. The molecule has 3 rings (SSSR count). The number of carbonyl (C=O) groups is 1. The normalized spacial score (nSPS) is 10.5. The van der Waals surface area contributed by atoms with Crippen LogP contribution in [-0.2, 0) is 0 Å². The molecule has 1 N–H and O–H groups in total. The Balaban J connectivity index is 1.91. The molecule has 0 saturated heterocycles. The summed E-state index contributed by atoms with van der Waals surface area (Å²) in [6.45, 7) is 1.58. The lowest BCUT2D eigenvalue weighted by atomic mass is 10.1. The molecule has 0 unspecified atom stereocenters. The molecular formula is C18H14N2O3. The van der Waals surface area contributed by atoms with Gasteiger partial charge in [0.2, 0.25) is 0 Å². The van der Waals surface area contributed by atoms with Gasteiger partial charge >= 0.3 is 0 Å². The van der Waals surface area contributed by atoms with Gasteiger partial charge in [0.1, 0.15) is 0 Å². The van der Waals surface area contributed by atoms with Gasteiger partial charge in [-0.15, -0.1) is 0 Å². The first-order valence-corrected chi connectivity index (χ1v) is 7.10. The maximum Gasteiger partial charge on any atom is 0.273 e. The van der Waals surface area contributed by atoms with E-state index in [0.717, 1.165) is 10.8 Å². The number of nitrogens with zero attached hydrogens (tertiary/aromatic N) is 1. The van der Waals surface area contributed by atoms with E-state index in [1.165, 1.54) is 12.1 Å². The summed E-state index contributed by atoms with van der Waals surface area (Å²) in [5.41, 5.74) is 1.25. The van der Waals surface area contributed by atoms with Crippen molar-refractivity contribution < 1.29 is 9.72 Å². The molecule has 23 heavy (non-hydrogen) atoms. The molecule has 0 saturated carbocycles. The minimum atomic E-state index is -0.484. The lowest BCUT2D eigenvalue weighted by molar-refractivity contribution is -0.385. The van der Waals surface area contributed by atoms with Crippen LogP contribution in [-0.4, -0.2) is 10.8 Å². The van der Waals surface area contributed by atoms with E-state index in [9.17, 15) is 14.9 Å². The highest BCUT2D eigenvalue weighted by atomic mass is 16.6. The Labute approximate surface area is 132 Å². The fourth-order valence-corrected chi connectivity index (χ4v) is 2.53. The van der Waals surface area contributed by atoms with Gasteiger partial charge in [0, 0.05) is 22.9 Å². The Morgan fingerprint density at radius 1 is 1.00 bits per heavy atom. The summed E-state index contributed by atoms with van der Waals surface area (Å²) in [6.07, 6.45) is 0. The maximum absolute atomic E-state index is 12.4. The fourth-order valence-electron chi connectivity index (χ4n) is 2.53. The van der Waals surface area contributed by atoms with Crippen LogP contribution in [0.1, 0.15) is 15.9 Å². The van der Waals surface area contributed by atoms with Gasteiger partial charge in [0.15, 0.2) is 0 Å². The third-order valence-electron chi connectivity index (χ3n) is 3.75. The van der Waals surface area contributed by atoms with Crippen molar-refractivity contribution in [3.63, 3.8) is 0 Å². The first-order valence-electron chi connectivity index (χ1n) is 7.10. The molecule has 114 valence electrons. The Morgan fingerprint density at radius 3 is 2.48 bits per heavy atom. The first-order chi connectivity index (χ1) is 11.1. The minimum absolute atomic E-state index is 0.0591. The van der Waals surface area contributed by atoms with Crippen molar-refractivity contribution in [2.24, 2.45) is 0 Å². The summed E-state index contributed by atoms with van der Waals surface area (Å²) in [5.74, 6) is -0.360. The van der Waals surface area contributed by atoms with Gasteiger partial charge in [0.25, 0.3) is 11.6 Å². The molecule has 1 amide bonds. The summed E-state index contributed by atoms with van der Waals surface area (Å²) in [4.78, 5) is 22.9. The number of nitrogens with one attached hydrogen (secondary N) is 1. The first kappa shape index (κ1) is 14.7. The van der Waals surface area contributed by atoms with E-state index in [-0.39, 0.29) is 11.6 Å². The standard InChI is InChI=1S/C18H14N2O3/c1-12-16(7-4-8-17(12)20(22)23)18(21)19-15-10-9-13-5-2-3-6-14(13)11-15/h2-11H,1H3,(H,19,21). The quantitative estimate of drug-likeness (QED) is 0.579. The Bertz CT molecular complexity index is 919. The molecule has 0 spiro atoms. The zero-order valence-corrected chi connectivity index (χ0v) is 12.4. The topological polar surface area (TPSA) is 72.2 Å². The number of nitro groups is 1. The molecule has 0 fully saturated rings. The predicted octanol–water partition coefficient (Wildman–Crippen LogP) is 4.31. The number of hydrogen-bond acceptors (Lipinski definition) is 3. The highest BCUT2D eigenvalue weighted by Crippen LogP contribution is 2.23. The molecule has 3 aromatic carbocycles. The fraction of sp³-hybridized carbons (Fsp3) is 0.0556. The number of hydrogen-bond donors (Lipinski definition) is 1. The van der Waals surface area contributed by atoms with Crippen LogP contribution in [0.5, 0.6) is 0 Å². The average molecular weight is 306 g/mol. The Kier molecular flexibility index (Phi) is 3.76. The van der Waals surface area contributed by atoms with Crippen molar-refractivity contribution >= 4 is 28.1 Å². The highest BCUT2D eigenvalue weighted by molar-refractivity contribution is 6.06. The molecule has 0 aliphatic rings. The number of nitro benzene ring substituents is 1. The highest BCUT2D eigenvalue weighted by Gasteiger charge is 2.17. The van der Waals surface area contributed by atoms with Gasteiger partial charge in [-0.2, -0.15) is 0 Å². The third-order valence-corrected chi connectivity index (χ3v) is 3.75. The molecule has 0 aromatic heterocycles. The lowest BCUT2D eigenvalue weighted by Crippen LogP contribution is -2.14. The van der Waals surface area contributed by atoms with Gasteiger partial charge < -0.3 is 5.32 Å². The monoisotopic (exact) mass is 306 g/mol. The molecule has 0 aliphatic carbocycles. The van der Waals surface area contributed by atoms with E-state index >= 15 is 0 Å². The van der Waals surface area contributed by atoms with Crippen LogP contribution in [0, 0.1) is 17.0 Å². The van der Waals surface area contributed by atoms with Crippen LogP contribution in [0.15, 0.2) is 60.7 Å². The lowest BCUT2D eigenvalue weighted by Gasteiger charge is -2.09. The zero-order valence-electron chi connectivity index (χ0n) is 12.4. The van der Waals surface area contributed by atoms with E-state index in [1.54, 1.807) is 13.0 Å². The number of rotatable bonds is 3. The van der Waals surface area contributed by atoms with Crippen LogP contribution >= 0.6 is 0 Å². The SMILES string of the molecule is Cc1c(C(=O)Nc2ccc3ccccc3c2)cccc1[N+](=O)[O-]. The van der Waals surface area contributed by atoms with Crippen LogP contribution in [0.2, 0.25) is 0 Å². The van der Waals surface area contributed by atoms with E-state index in [0.29, 0.717) is 16.8 Å². The van der Waals surface area contributed by atoms with Crippen LogP contribution < -0.4 is 5.32 Å². The number of benzene rings is 3. The van der Waals surface area contributed by atoms with Crippen molar-refractivity contribution in [2.45, 2.75) is 6.92 Å². The molecule has 0 aliphatic heterocycles. The molecule has 0 heterocycles. The third kappa shape index (κ3) is 2.89. The van der Waals surface area contributed by atoms with Crippen molar-refractivity contribution in [2.75, 3.05) is 5.32 Å². The van der Waals surface area contributed by atoms with Crippen molar-refractivity contribution in [1.29, 1.82) is 0 Å². The number of amides is 1. The van der Waals surface area contributed by atoms with E-state index in [4.69, 9.17) is 0 Å². The van der Waals surface area contributed by atoms with Crippen LogP contribution in [0.3, 0.4) is 0 Å². The summed E-state index contributed by atoms with van der Waals surface area (Å²) >= 11 is 0. The second-order valence-electron chi connectivity index (χ2n) is 5.22. The number of carbonyl (C=O) groups excluding carboxylic acids is 1. The largest absolute Gasteiger partial charge is 0.322 e. The van der Waals surface area contributed by atoms with Gasteiger partial charge in [-0.3, -0.25) is 14.9 Å². The molecule has 0 bridgehead atoms. The number of anilines is 1. The zero-order chi connectivity index (χ0) is 16.4. The molecule has 3 aromatic rings.